The highest BCUT2D eigenvalue weighted by Gasteiger charge is 2.39. The van der Waals surface area contributed by atoms with Crippen LogP contribution in [0.1, 0.15) is 42.0 Å². The maximum Gasteiger partial charge on any atom is 0.143 e. The van der Waals surface area contributed by atoms with Crippen molar-refractivity contribution in [3.63, 3.8) is 0 Å². The molecule has 0 saturated carbocycles. The molecule has 3 nitrogen and oxygen atoms in total. The maximum absolute atomic E-state index is 6.38. The van der Waals surface area contributed by atoms with Crippen LogP contribution >= 0.6 is 0 Å². The monoisotopic (exact) mass is 470 g/mol. The molecule has 2 heterocycles. The number of aromatic nitrogens is 1. The van der Waals surface area contributed by atoms with E-state index in [2.05, 4.69) is 114 Å². The predicted molar refractivity (Wildman–Crippen MR) is 149 cm³/mol. The van der Waals surface area contributed by atoms with Crippen molar-refractivity contribution in [2.45, 2.75) is 38.5 Å². The van der Waals surface area contributed by atoms with Crippen molar-refractivity contribution in [3.8, 4) is 5.75 Å². The van der Waals surface area contributed by atoms with Crippen LogP contribution in [0, 0.1) is 5.92 Å². The van der Waals surface area contributed by atoms with E-state index < -0.39 is 0 Å². The zero-order valence-corrected chi connectivity index (χ0v) is 20.5. The molecule has 1 aliphatic heterocycles. The summed E-state index contributed by atoms with van der Waals surface area (Å²) in [5, 5.41) is 6.63. The van der Waals surface area contributed by atoms with Crippen molar-refractivity contribution in [2.24, 2.45) is 5.92 Å². The zero-order valence-electron chi connectivity index (χ0n) is 20.5. The molecule has 0 saturated heterocycles. The van der Waals surface area contributed by atoms with Crippen molar-refractivity contribution in [2.75, 3.05) is 5.32 Å². The lowest BCUT2D eigenvalue weighted by Gasteiger charge is -2.38. The molecule has 3 heteroatoms. The van der Waals surface area contributed by atoms with Gasteiger partial charge >= 0.3 is 0 Å². The summed E-state index contributed by atoms with van der Waals surface area (Å²) in [7, 11) is 0. The number of rotatable bonds is 5. The first kappa shape index (κ1) is 21.3. The Kier molecular flexibility index (Phi) is 5.09. The Morgan fingerprint density at radius 1 is 0.861 bits per heavy atom. The molecule has 1 N–H and O–H groups in total. The molecule has 178 valence electrons. The number of para-hydroxylation sites is 2. The van der Waals surface area contributed by atoms with Gasteiger partial charge in [0, 0.05) is 34.3 Å². The van der Waals surface area contributed by atoms with Gasteiger partial charge in [0.1, 0.15) is 12.4 Å². The standard InChI is InChI=1S/C33H30N2O/c1-2-35-29-16-7-6-12-25(29)28-20-23(18-19-30(28)35)32-26-14-8-13-24(26)27-15-9-17-31(33(27)34-32)36-21-22-10-4-3-5-11-22/h3-13,15-20,24,26,32,34H,2,14,21H2,1H3. The molecule has 5 aromatic rings. The lowest BCUT2D eigenvalue weighted by Crippen LogP contribution is -2.29. The number of allylic oxidation sites excluding steroid dienone is 2. The fraction of sp³-hybridized carbons (Fsp3) is 0.212. The number of nitrogens with one attached hydrogen (secondary N) is 1. The molecule has 36 heavy (non-hydrogen) atoms. The topological polar surface area (TPSA) is 26.2 Å². The van der Waals surface area contributed by atoms with Crippen molar-refractivity contribution in [1.29, 1.82) is 0 Å². The Morgan fingerprint density at radius 2 is 1.69 bits per heavy atom. The average molecular weight is 471 g/mol. The summed E-state index contributed by atoms with van der Waals surface area (Å²) in [5.74, 6) is 1.84. The van der Waals surface area contributed by atoms with Crippen LogP contribution in [0.3, 0.4) is 0 Å². The van der Waals surface area contributed by atoms with E-state index in [1.165, 1.54) is 38.5 Å². The van der Waals surface area contributed by atoms with Gasteiger partial charge in [0.25, 0.3) is 0 Å². The molecular formula is C33H30N2O. The maximum atomic E-state index is 6.38. The third-order valence-corrected chi connectivity index (χ3v) is 8.07. The minimum absolute atomic E-state index is 0.229. The molecule has 7 rings (SSSR count). The summed E-state index contributed by atoms with van der Waals surface area (Å²) < 4.78 is 8.80. The molecule has 1 aromatic heterocycles. The van der Waals surface area contributed by atoms with Crippen LogP contribution < -0.4 is 10.1 Å². The predicted octanol–water partition coefficient (Wildman–Crippen LogP) is 8.22. The molecule has 1 aliphatic carbocycles. The van der Waals surface area contributed by atoms with Gasteiger partial charge in [-0.3, -0.25) is 0 Å². The summed E-state index contributed by atoms with van der Waals surface area (Å²) in [6.07, 6.45) is 5.85. The number of benzene rings is 4. The number of anilines is 1. The smallest absolute Gasteiger partial charge is 0.143 e. The molecule has 3 atom stereocenters. The molecule has 0 fully saturated rings. The first-order chi connectivity index (χ1) is 17.8. The van der Waals surface area contributed by atoms with E-state index in [1.54, 1.807) is 0 Å². The third kappa shape index (κ3) is 3.34. The fourth-order valence-corrected chi connectivity index (χ4v) is 6.38. The minimum Gasteiger partial charge on any atom is -0.487 e. The summed E-state index contributed by atoms with van der Waals surface area (Å²) in [6.45, 7) is 3.76. The molecular weight excluding hydrogens is 440 g/mol. The van der Waals surface area contributed by atoms with Crippen LogP contribution in [0.5, 0.6) is 5.75 Å². The molecule has 0 radical (unpaired) electrons. The van der Waals surface area contributed by atoms with E-state index in [0.29, 0.717) is 18.4 Å². The number of ether oxygens (including phenoxy) is 1. The minimum atomic E-state index is 0.229. The van der Waals surface area contributed by atoms with E-state index in [0.717, 1.165) is 24.4 Å². The number of fused-ring (bicyclic) bond motifs is 6. The molecule has 4 aromatic carbocycles. The Bertz CT molecular complexity index is 1600. The van der Waals surface area contributed by atoms with Gasteiger partial charge < -0.3 is 14.6 Å². The number of nitrogens with zero attached hydrogens (tertiary/aromatic N) is 1. The number of aryl methyl sites for hydroxylation is 1. The van der Waals surface area contributed by atoms with Gasteiger partial charge in [-0.2, -0.15) is 0 Å². The Labute approximate surface area is 212 Å². The number of hydrogen-bond acceptors (Lipinski definition) is 2. The number of hydrogen-bond donors (Lipinski definition) is 1. The van der Waals surface area contributed by atoms with Crippen LogP contribution in [0.2, 0.25) is 0 Å². The normalized spacial score (nSPS) is 20.3. The first-order valence-corrected chi connectivity index (χ1v) is 13.1. The van der Waals surface area contributed by atoms with Crippen molar-refractivity contribution < 1.29 is 4.74 Å². The molecule has 2 aliphatic rings. The van der Waals surface area contributed by atoms with Gasteiger partial charge in [-0.15, -0.1) is 0 Å². The zero-order chi connectivity index (χ0) is 24.1. The van der Waals surface area contributed by atoms with Gasteiger partial charge in [0.2, 0.25) is 0 Å². The third-order valence-electron chi connectivity index (χ3n) is 8.07. The Hall–Kier alpha value is -3.98. The highest BCUT2D eigenvalue weighted by molar-refractivity contribution is 6.08. The van der Waals surface area contributed by atoms with Crippen LogP contribution in [-0.4, -0.2) is 4.57 Å². The van der Waals surface area contributed by atoms with Crippen molar-refractivity contribution >= 4 is 27.5 Å². The lowest BCUT2D eigenvalue weighted by molar-refractivity contribution is 0.304. The van der Waals surface area contributed by atoms with Gasteiger partial charge in [0.15, 0.2) is 0 Å². The van der Waals surface area contributed by atoms with Crippen LogP contribution in [0.4, 0.5) is 5.69 Å². The van der Waals surface area contributed by atoms with E-state index in [4.69, 9.17) is 4.74 Å². The molecule has 3 unspecified atom stereocenters. The molecule has 0 spiro atoms. The van der Waals surface area contributed by atoms with E-state index in [1.807, 2.05) is 6.07 Å². The lowest BCUT2D eigenvalue weighted by atomic mass is 9.76. The van der Waals surface area contributed by atoms with Gasteiger partial charge in [-0.1, -0.05) is 78.9 Å². The van der Waals surface area contributed by atoms with Gasteiger partial charge in [-0.05, 0) is 60.2 Å². The summed E-state index contributed by atoms with van der Waals surface area (Å²) in [5.41, 5.74) is 7.64. The van der Waals surface area contributed by atoms with Crippen molar-refractivity contribution in [3.05, 3.63) is 120 Å². The van der Waals surface area contributed by atoms with E-state index >= 15 is 0 Å². The van der Waals surface area contributed by atoms with Crippen LogP contribution in [-0.2, 0) is 13.2 Å². The summed E-state index contributed by atoms with van der Waals surface area (Å²) >= 11 is 0. The van der Waals surface area contributed by atoms with Gasteiger partial charge in [0.05, 0.1) is 11.7 Å². The SMILES string of the molecule is CCn1c2ccccc2c2cc(C3Nc4c(OCc5ccccc5)cccc4C4C=CCC43)ccc21. The molecule has 0 bridgehead atoms. The first-order valence-electron chi connectivity index (χ1n) is 13.1. The largest absolute Gasteiger partial charge is 0.487 e. The summed E-state index contributed by atoms with van der Waals surface area (Å²) in [6, 6.07) is 33.0. The van der Waals surface area contributed by atoms with E-state index in [9.17, 15) is 0 Å². The van der Waals surface area contributed by atoms with Crippen LogP contribution in [0.15, 0.2) is 103 Å². The van der Waals surface area contributed by atoms with Crippen molar-refractivity contribution in [1.82, 2.24) is 4.57 Å². The molecule has 0 amide bonds. The average Bonchev–Trinajstić information content (AvgIpc) is 3.55. The highest BCUT2D eigenvalue weighted by atomic mass is 16.5. The Balaban J connectivity index is 1.30. The quantitative estimate of drug-likeness (QED) is 0.262. The second-order valence-electron chi connectivity index (χ2n) is 10.0. The van der Waals surface area contributed by atoms with Crippen LogP contribution in [0.25, 0.3) is 21.8 Å². The second-order valence-corrected chi connectivity index (χ2v) is 10.0. The van der Waals surface area contributed by atoms with Gasteiger partial charge in [-0.25, -0.2) is 0 Å². The highest BCUT2D eigenvalue weighted by Crippen LogP contribution is 2.52. The Morgan fingerprint density at radius 3 is 2.58 bits per heavy atom. The fourth-order valence-electron chi connectivity index (χ4n) is 6.38. The second kappa shape index (κ2) is 8.60. The van der Waals surface area contributed by atoms with E-state index in [-0.39, 0.29) is 6.04 Å². The summed E-state index contributed by atoms with van der Waals surface area (Å²) in [4.78, 5) is 0.